The van der Waals surface area contributed by atoms with Crippen LogP contribution in [-0.4, -0.2) is 32.9 Å². The van der Waals surface area contributed by atoms with E-state index in [9.17, 15) is 9.00 Å². The van der Waals surface area contributed by atoms with E-state index in [1.165, 1.54) is 6.08 Å². The first-order chi connectivity index (χ1) is 6.85. The average Bonchev–Trinajstić information content (AvgIpc) is 2.43. The summed E-state index contributed by atoms with van der Waals surface area (Å²) >= 11 is -1.77. The lowest BCUT2D eigenvalue weighted by atomic mass is 10.2. The number of carbonyl (C=O) groups excluding carboxylic acids is 1. The van der Waals surface area contributed by atoms with Crippen molar-refractivity contribution in [2.45, 2.75) is 32.4 Å². The molecule has 0 aliphatic carbocycles. The lowest BCUT2D eigenvalue weighted by Gasteiger charge is -2.24. The van der Waals surface area contributed by atoms with Gasteiger partial charge in [-0.1, -0.05) is 6.08 Å². The van der Waals surface area contributed by atoms with Crippen LogP contribution < -0.4 is 0 Å². The second-order valence-electron chi connectivity index (χ2n) is 4.11. The Balaban J connectivity index is 2.73. The smallest absolute Gasteiger partial charge is 0.424 e. The van der Waals surface area contributed by atoms with Gasteiger partial charge in [-0.3, -0.25) is 4.18 Å². The fraction of sp³-hybridized carbons (Fsp3) is 0.667. The van der Waals surface area contributed by atoms with E-state index in [1.54, 1.807) is 20.8 Å². The van der Waals surface area contributed by atoms with Crippen molar-refractivity contribution in [3.05, 3.63) is 12.7 Å². The highest BCUT2D eigenvalue weighted by Gasteiger charge is 2.37. The normalized spacial score (nSPS) is 26.5. The fourth-order valence-corrected chi connectivity index (χ4v) is 1.93. The number of hydrogen-bond donors (Lipinski definition) is 0. The Hall–Kier alpha value is -0.880. The first kappa shape index (κ1) is 12.2. The van der Waals surface area contributed by atoms with Crippen LogP contribution in [0.2, 0.25) is 0 Å². The Bertz CT molecular complexity index is 297. The Morgan fingerprint density at radius 3 is 2.73 bits per heavy atom. The lowest BCUT2D eigenvalue weighted by molar-refractivity contribution is 0.0383. The van der Waals surface area contributed by atoms with E-state index in [1.807, 2.05) is 0 Å². The highest BCUT2D eigenvalue weighted by Crippen LogP contribution is 2.19. The summed E-state index contributed by atoms with van der Waals surface area (Å²) in [4.78, 5) is 11.6. The Kier molecular flexibility index (Phi) is 3.51. The van der Waals surface area contributed by atoms with Crippen LogP contribution in [0.3, 0.4) is 0 Å². The summed E-state index contributed by atoms with van der Waals surface area (Å²) in [5, 5.41) is 0. The molecule has 0 saturated carbocycles. The summed E-state index contributed by atoms with van der Waals surface area (Å²) in [5.74, 6) is 0. The molecule has 0 aromatic rings. The van der Waals surface area contributed by atoms with Gasteiger partial charge in [-0.15, -0.1) is 6.58 Å². The summed E-state index contributed by atoms with van der Waals surface area (Å²) < 4.78 is 22.3. The molecule has 1 saturated heterocycles. The molecule has 0 aromatic heterocycles. The van der Waals surface area contributed by atoms with Crippen LogP contribution >= 0.6 is 0 Å². The molecule has 2 atom stereocenters. The molecule has 1 aliphatic heterocycles. The van der Waals surface area contributed by atoms with Crippen LogP contribution in [0, 0.1) is 0 Å². The van der Waals surface area contributed by atoms with E-state index < -0.39 is 23.0 Å². The van der Waals surface area contributed by atoms with Gasteiger partial charge in [-0.2, -0.15) is 4.31 Å². The summed E-state index contributed by atoms with van der Waals surface area (Å²) in [7, 11) is 0. The largest absolute Gasteiger partial charge is 0.443 e. The maximum atomic E-state index is 11.6. The van der Waals surface area contributed by atoms with Gasteiger partial charge in [0.05, 0.1) is 12.6 Å². The number of nitrogens with zero attached hydrogens (tertiary/aromatic N) is 1. The molecule has 1 rings (SSSR count). The third-order valence-corrected chi connectivity index (χ3v) is 2.73. The Morgan fingerprint density at radius 1 is 1.67 bits per heavy atom. The minimum absolute atomic E-state index is 0.190. The molecule has 0 aromatic carbocycles. The second-order valence-corrected chi connectivity index (χ2v) is 5.17. The minimum Gasteiger partial charge on any atom is -0.443 e. The van der Waals surface area contributed by atoms with Gasteiger partial charge in [0.2, 0.25) is 0 Å². The molecule has 1 aliphatic rings. The third-order valence-electron chi connectivity index (χ3n) is 1.65. The van der Waals surface area contributed by atoms with Crippen LogP contribution in [0.4, 0.5) is 4.79 Å². The molecule has 5 nitrogen and oxygen atoms in total. The lowest BCUT2D eigenvalue weighted by Crippen LogP contribution is -2.39. The molecule has 0 N–H and O–H groups in total. The highest BCUT2D eigenvalue weighted by atomic mass is 32.2. The zero-order chi connectivity index (χ0) is 11.6. The van der Waals surface area contributed by atoms with Gasteiger partial charge in [0.15, 0.2) is 0 Å². The second kappa shape index (κ2) is 4.32. The summed E-state index contributed by atoms with van der Waals surface area (Å²) in [6, 6.07) is -0.388. The number of amides is 1. The maximum absolute atomic E-state index is 11.6. The SMILES string of the molecule is C=C[C@@H]1COS(=O)N1C(=O)OC(C)(C)C. The van der Waals surface area contributed by atoms with Crippen molar-refractivity contribution >= 4 is 17.4 Å². The maximum Gasteiger partial charge on any atom is 0.424 e. The van der Waals surface area contributed by atoms with Crippen molar-refractivity contribution in [1.82, 2.24) is 4.31 Å². The van der Waals surface area contributed by atoms with Crippen LogP contribution in [-0.2, 0) is 20.2 Å². The van der Waals surface area contributed by atoms with Crippen molar-refractivity contribution in [2.24, 2.45) is 0 Å². The first-order valence-corrected chi connectivity index (χ1v) is 5.58. The molecule has 15 heavy (non-hydrogen) atoms. The van der Waals surface area contributed by atoms with Gasteiger partial charge in [0.1, 0.15) is 5.60 Å². The van der Waals surface area contributed by atoms with Crippen molar-refractivity contribution in [1.29, 1.82) is 0 Å². The Morgan fingerprint density at radius 2 is 2.27 bits per heavy atom. The predicted octanol–water partition coefficient (Wildman–Crippen LogP) is 1.39. The zero-order valence-electron chi connectivity index (χ0n) is 9.06. The average molecular weight is 233 g/mol. The molecule has 0 bridgehead atoms. The van der Waals surface area contributed by atoms with E-state index in [2.05, 4.69) is 6.58 Å². The van der Waals surface area contributed by atoms with Crippen molar-refractivity contribution < 1.29 is 17.9 Å². The molecule has 1 heterocycles. The van der Waals surface area contributed by atoms with E-state index in [0.717, 1.165) is 4.31 Å². The van der Waals surface area contributed by atoms with Crippen molar-refractivity contribution in [2.75, 3.05) is 6.61 Å². The number of hydrogen-bond acceptors (Lipinski definition) is 4. The third kappa shape index (κ3) is 3.04. The van der Waals surface area contributed by atoms with Crippen LogP contribution in [0.5, 0.6) is 0 Å². The molecule has 86 valence electrons. The zero-order valence-corrected chi connectivity index (χ0v) is 9.87. The first-order valence-electron chi connectivity index (χ1n) is 4.55. The standard InChI is InChI=1S/C9H15NO4S/c1-5-7-6-13-15(12)10(7)8(11)14-9(2,3)4/h5,7H,1,6H2,2-4H3/t7-,15?/m1/s1. The molecule has 0 radical (unpaired) electrons. The number of ether oxygens (including phenoxy) is 1. The van der Waals surface area contributed by atoms with Crippen LogP contribution in [0.1, 0.15) is 20.8 Å². The van der Waals surface area contributed by atoms with E-state index in [0.29, 0.717) is 0 Å². The monoisotopic (exact) mass is 233 g/mol. The van der Waals surface area contributed by atoms with E-state index in [4.69, 9.17) is 8.92 Å². The Labute approximate surface area is 91.8 Å². The van der Waals surface area contributed by atoms with E-state index in [-0.39, 0.29) is 12.6 Å². The molecular weight excluding hydrogens is 218 g/mol. The van der Waals surface area contributed by atoms with Crippen LogP contribution in [0.15, 0.2) is 12.7 Å². The molecule has 1 unspecified atom stereocenters. The number of rotatable bonds is 1. The fourth-order valence-electron chi connectivity index (χ4n) is 1.03. The van der Waals surface area contributed by atoms with Crippen molar-refractivity contribution in [3.63, 3.8) is 0 Å². The van der Waals surface area contributed by atoms with Gasteiger partial charge in [0, 0.05) is 0 Å². The topological polar surface area (TPSA) is 55.8 Å². The van der Waals surface area contributed by atoms with Crippen molar-refractivity contribution in [3.8, 4) is 0 Å². The molecule has 0 spiro atoms. The number of carbonyl (C=O) groups is 1. The van der Waals surface area contributed by atoms with Gasteiger partial charge in [-0.05, 0) is 20.8 Å². The highest BCUT2D eigenvalue weighted by molar-refractivity contribution is 7.78. The summed E-state index contributed by atoms with van der Waals surface area (Å²) in [5.41, 5.74) is -0.615. The van der Waals surface area contributed by atoms with Gasteiger partial charge in [0.25, 0.3) is 11.3 Å². The predicted molar refractivity (Wildman–Crippen MR) is 56.2 cm³/mol. The van der Waals surface area contributed by atoms with Gasteiger partial charge < -0.3 is 4.74 Å². The molecule has 1 amide bonds. The minimum atomic E-state index is -1.77. The summed E-state index contributed by atoms with van der Waals surface area (Å²) in [6.07, 6.45) is 0.859. The summed E-state index contributed by atoms with van der Waals surface area (Å²) in [6.45, 7) is 8.96. The molecule has 1 fully saturated rings. The van der Waals surface area contributed by atoms with Gasteiger partial charge in [-0.25, -0.2) is 9.00 Å². The molecular formula is C9H15NO4S. The quantitative estimate of drug-likeness (QED) is 0.642. The van der Waals surface area contributed by atoms with Gasteiger partial charge >= 0.3 is 6.09 Å². The van der Waals surface area contributed by atoms with Crippen LogP contribution in [0.25, 0.3) is 0 Å². The molecule has 6 heteroatoms. The van der Waals surface area contributed by atoms with E-state index >= 15 is 0 Å².